The maximum atomic E-state index is 11.6. The lowest BCUT2D eigenvalue weighted by Gasteiger charge is -2.12. The smallest absolute Gasteiger partial charge is 0.246 e. The Morgan fingerprint density at radius 1 is 1.45 bits per heavy atom. The van der Waals surface area contributed by atoms with Gasteiger partial charge >= 0.3 is 0 Å². The monoisotopic (exact) mass is 294 g/mol. The number of oxazole rings is 1. The molecule has 0 N–H and O–H groups in total. The molecule has 0 saturated heterocycles. The van der Waals surface area contributed by atoms with Crippen LogP contribution in [0.2, 0.25) is 5.02 Å². The van der Waals surface area contributed by atoms with Crippen molar-refractivity contribution in [1.29, 1.82) is 0 Å². The summed E-state index contributed by atoms with van der Waals surface area (Å²) in [6.45, 7) is 0. The number of carbonyl (C=O) groups is 1. The molecule has 0 fully saturated rings. The predicted octanol–water partition coefficient (Wildman–Crippen LogP) is 2.95. The van der Waals surface area contributed by atoms with E-state index in [1.807, 2.05) is 18.2 Å². The summed E-state index contributed by atoms with van der Waals surface area (Å²) in [6.07, 6.45) is 2.30. The Labute approximate surface area is 122 Å². The molecule has 6 heteroatoms. The fraction of sp³-hybridized carbons (Fsp3) is 0.286. The van der Waals surface area contributed by atoms with E-state index in [9.17, 15) is 4.79 Å². The fourth-order valence-corrected chi connectivity index (χ4v) is 1.91. The van der Waals surface area contributed by atoms with Crippen molar-refractivity contribution >= 4 is 17.5 Å². The number of hydroxylamine groups is 2. The molecule has 106 valence electrons. The number of benzene rings is 1. The van der Waals surface area contributed by atoms with E-state index in [1.165, 1.54) is 12.2 Å². The van der Waals surface area contributed by atoms with Gasteiger partial charge in [0.25, 0.3) is 0 Å². The molecule has 0 aliphatic heterocycles. The highest BCUT2D eigenvalue weighted by Gasteiger charge is 2.12. The molecule has 20 heavy (non-hydrogen) atoms. The second kappa shape index (κ2) is 6.54. The standard InChI is InChI=1S/C14H15ClN2O3/c1-17(19-2)14(18)8-7-13-16-9-12(20-13)10-5-3-4-6-11(10)15/h3-6,9H,7-8H2,1-2H3. The van der Waals surface area contributed by atoms with Crippen LogP contribution in [0.15, 0.2) is 34.9 Å². The Balaban J connectivity index is 2.03. The fourth-order valence-electron chi connectivity index (χ4n) is 1.68. The molecule has 0 spiro atoms. The van der Waals surface area contributed by atoms with Crippen molar-refractivity contribution in [2.45, 2.75) is 12.8 Å². The van der Waals surface area contributed by atoms with E-state index < -0.39 is 0 Å². The highest BCUT2D eigenvalue weighted by Crippen LogP contribution is 2.28. The molecule has 2 rings (SSSR count). The van der Waals surface area contributed by atoms with Gasteiger partial charge in [-0.2, -0.15) is 0 Å². The number of amides is 1. The van der Waals surface area contributed by atoms with Gasteiger partial charge in [-0.25, -0.2) is 10.0 Å². The molecular weight excluding hydrogens is 280 g/mol. The molecule has 0 saturated carbocycles. The summed E-state index contributed by atoms with van der Waals surface area (Å²) in [6, 6.07) is 7.37. The molecule has 1 aromatic heterocycles. The summed E-state index contributed by atoms with van der Waals surface area (Å²) in [5.41, 5.74) is 0.785. The van der Waals surface area contributed by atoms with Crippen LogP contribution in [0.4, 0.5) is 0 Å². The largest absolute Gasteiger partial charge is 0.441 e. The van der Waals surface area contributed by atoms with E-state index in [-0.39, 0.29) is 12.3 Å². The lowest BCUT2D eigenvalue weighted by molar-refractivity contribution is -0.168. The van der Waals surface area contributed by atoms with Gasteiger partial charge in [0.15, 0.2) is 11.7 Å². The van der Waals surface area contributed by atoms with Crippen molar-refractivity contribution in [1.82, 2.24) is 10.0 Å². The second-order valence-electron chi connectivity index (χ2n) is 4.17. The molecule has 1 amide bonds. The third-order valence-electron chi connectivity index (χ3n) is 2.87. The predicted molar refractivity (Wildman–Crippen MR) is 75.0 cm³/mol. The number of rotatable bonds is 5. The van der Waals surface area contributed by atoms with Crippen molar-refractivity contribution in [3.8, 4) is 11.3 Å². The van der Waals surface area contributed by atoms with E-state index in [0.717, 1.165) is 5.56 Å². The first kappa shape index (κ1) is 14.6. The minimum Gasteiger partial charge on any atom is -0.441 e. The maximum Gasteiger partial charge on any atom is 0.246 e. The van der Waals surface area contributed by atoms with Gasteiger partial charge in [0.1, 0.15) is 0 Å². The van der Waals surface area contributed by atoms with E-state index in [1.54, 1.807) is 19.3 Å². The van der Waals surface area contributed by atoms with Crippen LogP contribution in [0.1, 0.15) is 12.3 Å². The number of aryl methyl sites for hydroxylation is 1. The summed E-state index contributed by atoms with van der Waals surface area (Å²) in [5.74, 6) is 0.959. The van der Waals surface area contributed by atoms with Crippen molar-refractivity contribution < 1.29 is 14.0 Å². The number of carbonyl (C=O) groups excluding carboxylic acids is 1. The van der Waals surface area contributed by atoms with Gasteiger partial charge in [0.2, 0.25) is 5.91 Å². The van der Waals surface area contributed by atoms with E-state index in [0.29, 0.717) is 23.1 Å². The number of hydrogen-bond acceptors (Lipinski definition) is 4. The Morgan fingerprint density at radius 3 is 2.90 bits per heavy atom. The van der Waals surface area contributed by atoms with Gasteiger partial charge in [-0.1, -0.05) is 23.7 Å². The van der Waals surface area contributed by atoms with Crippen LogP contribution in [-0.4, -0.2) is 30.1 Å². The van der Waals surface area contributed by atoms with E-state index >= 15 is 0 Å². The minimum absolute atomic E-state index is 0.134. The van der Waals surface area contributed by atoms with Crippen molar-refractivity contribution in [2.75, 3.05) is 14.2 Å². The van der Waals surface area contributed by atoms with Gasteiger partial charge < -0.3 is 4.42 Å². The summed E-state index contributed by atoms with van der Waals surface area (Å²) in [7, 11) is 3.01. The van der Waals surface area contributed by atoms with Crippen LogP contribution in [0.25, 0.3) is 11.3 Å². The Hall–Kier alpha value is -1.85. The SMILES string of the molecule is CON(C)C(=O)CCc1ncc(-c2ccccc2Cl)o1. The van der Waals surface area contributed by atoms with Crippen LogP contribution in [-0.2, 0) is 16.1 Å². The molecule has 5 nitrogen and oxygen atoms in total. The second-order valence-corrected chi connectivity index (χ2v) is 4.58. The van der Waals surface area contributed by atoms with Crippen molar-refractivity contribution in [3.05, 3.63) is 41.4 Å². The summed E-state index contributed by atoms with van der Waals surface area (Å²) in [4.78, 5) is 20.5. The zero-order chi connectivity index (χ0) is 14.5. The first-order valence-electron chi connectivity index (χ1n) is 6.12. The average molecular weight is 295 g/mol. The molecule has 0 radical (unpaired) electrons. The van der Waals surface area contributed by atoms with Gasteiger partial charge in [-0.05, 0) is 12.1 Å². The van der Waals surface area contributed by atoms with Crippen molar-refractivity contribution in [3.63, 3.8) is 0 Å². The third kappa shape index (κ3) is 3.37. The zero-order valence-electron chi connectivity index (χ0n) is 11.3. The lowest BCUT2D eigenvalue weighted by atomic mass is 10.2. The van der Waals surface area contributed by atoms with Crippen LogP contribution >= 0.6 is 11.6 Å². The Kier molecular flexibility index (Phi) is 4.76. The molecule has 0 atom stereocenters. The van der Waals surface area contributed by atoms with Crippen LogP contribution in [0.5, 0.6) is 0 Å². The molecular formula is C14H15ClN2O3. The average Bonchev–Trinajstić information content (AvgIpc) is 2.93. The topological polar surface area (TPSA) is 55.6 Å². The molecule has 0 aliphatic rings. The number of nitrogens with zero attached hydrogens (tertiary/aromatic N) is 2. The van der Waals surface area contributed by atoms with Crippen LogP contribution < -0.4 is 0 Å². The Morgan fingerprint density at radius 2 is 2.20 bits per heavy atom. The van der Waals surface area contributed by atoms with Crippen LogP contribution in [0.3, 0.4) is 0 Å². The first-order valence-corrected chi connectivity index (χ1v) is 6.50. The molecule has 0 aliphatic carbocycles. The summed E-state index contributed by atoms with van der Waals surface area (Å²) in [5, 5.41) is 1.78. The number of hydrogen-bond donors (Lipinski definition) is 0. The normalized spacial score (nSPS) is 10.6. The molecule has 1 aromatic carbocycles. The maximum absolute atomic E-state index is 11.6. The summed E-state index contributed by atoms with van der Waals surface area (Å²) >= 11 is 6.09. The molecule has 1 heterocycles. The van der Waals surface area contributed by atoms with Crippen LogP contribution in [0, 0.1) is 0 Å². The highest BCUT2D eigenvalue weighted by atomic mass is 35.5. The van der Waals surface area contributed by atoms with Crippen molar-refractivity contribution in [2.24, 2.45) is 0 Å². The van der Waals surface area contributed by atoms with Gasteiger partial charge in [-0.15, -0.1) is 0 Å². The molecule has 2 aromatic rings. The quantitative estimate of drug-likeness (QED) is 0.796. The highest BCUT2D eigenvalue weighted by molar-refractivity contribution is 6.33. The van der Waals surface area contributed by atoms with Gasteiger partial charge in [0.05, 0.1) is 18.3 Å². The number of aromatic nitrogens is 1. The Bertz CT molecular complexity index is 598. The number of halogens is 1. The van der Waals surface area contributed by atoms with Gasteiger partial charge in [0, 0.05) is 25.5 Å². The lowest BCUT2D eigenvalue weighted by Crippen LogP contribution is -2.25. The molecule has 0 bridgehead atoms. The first-order chi connectivity index (χ1) is 9.61. The zero-order valence-corrected chi connectivity index (χ0v) is 12.1. The minimum atomic E-state index is -0.134. The summed E-state index contributed by atoms with van der Waals surface area (Å²) < 4.78 is 5.61. The third-order valence-corrected chi connectivity index (χ3v) is 3.20. The van der Waals surface area contributed by atoms with Gasteiger partial charge in [-0.3, -0.25) is 9.63 Å². The van der Waals surface area contributed by atoms with E-state index in [4.69, 9.17) is 20.9 Å². The molecule has 0 unspecified atom stereocenters. The van der Waals surface area contributed by atoms with E-state index in [2.05, 4.69) is 4.98 Å².